The van der Waals surface area contributed by atoms with Gasteiger partial charge in [-0.15, -0.1) is 0 Å². The van der Waals surface area contributed by atoms with Crippen molar-refractivity contribution in [2.24, 2.45) is 0 Å². The summed E-state index contributed by atoms with van der Waals surface area (Å²) in [4.78, 5) is 2.76. The standard InChI is InChI=1S/C17H20N2O3S/c1-21-14-5-4-6-15(13-14)22-11-9-19-10-12-23(18,20)17-8-3-2-7-16(17)19/h2-8,13,18H,9-12H2,1H3. The van der Waals surface area contributed by atoms with Crippen LogP contribution in [-0.2, 0) is 9.73 Å². The van der Waals surface area contributed by atoms with E-state index < -0.39 is 9.73 Å². The topological polar surface area (TPSA) is 62.6 Å². The first-order valence-electron chi connectivity index (χ1n) is 7.47. The van der Waals surface area contributed by atoms with E-state index in [0.717, 1.165) is 17.2 Å². The first-order chi connectivity index (χ1) is 11.1. The molecule has 0 bridgehead atoms. The van der Waals surface area contributed by atoms with Crippen LogP contribution in [-0.4, -0.2) is 36.8 Å². The van der Waals surface area contributed by atoms with Crippen LogP contribution in [0.4, 0.5) is 5.69 Å². The number of methoxy groups -OCH3 is 1. The summed E-state index contributed by atoms with van der Waals surface area (Å²) in [5.41, 5.74) is 0.882. The molecule has 1 unspecified atom stereocenters. The molecule has 1 aliphatic rings. The summed E-state index contributed by atoms with van der Waals surface area (Å²) in [6.45, 7) is 1.81. The van der Waals surface area contributed by atoms with Gasteiger partial charge in [-0.3, -0.25) is 0 Å². The predicted octanol–water partition coefficient (Wildman–Crippen LogP) is 3.00. The molecule has 6 heteroatoms. The Balaban J connectivity index is 1.67. The minimum atomic E-state index is -2.66. The zero-order chi connectivity index (χ0) is 16.3. The van der Waals surface area contributed by atoms with E-state index in [1.165, 1.54) is 0 Å². The highest BCUT2D eigenvalue weighted by molar-refractivity contribution is 7.92. The fourth-order valence-electron chi connectivity index (χ4n) is 2.66. The van der Waals surface area contributed by atoms with E-state index in [1.807, 2.05) is 42.5 Å². The maximum Gasteiger partial charge on any atom is 0.123 e. The molecule has 2 aromatic rings. The van der Waals surface area contributed by atoms with Crippen LogP contribution in [0.15, 0.2) is 53.4 Å². The SMILES string of the molecule is COc1cccc(OCCN2CCS(=N)(=O)c3ccccc32)c1. The molecule has 2 aromatic carbocycles. The number of rotatable bonds is 5. The van der Waals surface area contributed by atoms with Gasteiger partial charge < -0.3 is 14.4 Å². The van der Waals surface area contributed by atoms with Gasteiger partial charge in [-0.25, -0.2) is 8.99 Å². The minimum absolute atomic E-state index is 0.364. The third kappa shape index (κ3) is 3.42. The molecule has 1 aliphatic heterocycles. The van der Waals surface area contributed by atoms with Crippen molar-refractivity contribution in [1.29, 1.82) is 4.78 Å². The molecule has 0 spiro atoms. The van der Waals surface area contributed by atoms with Crippen LogP contribution in [0.2, 0.25) is 0 Å². The van der Waals surface area contributed by atoms with Crippen LogP contribution in [0.25, 0.3) is 0 Å². The number of nitrogens with one attached hydrogen (secondary N) is 1. The average Bonchev–Trinajstić information content (AvgIpc) is 2.57. The second-order valence-electron chi connectivity index (χ2n) is 5.36. The molecule has 0 aromatic heterocycles. The fraction of sp³-hybridized carbons (Fsp3) is 0.294. The van der Waals surface area contributed by atoms with Crippen molar-refractivity contribution in [2.45, 2.75) is 4.90 Å². The van der Waals surface area contributed by atoms with Crippen molar-refractivity contribution in [3.05, 3.63) is 48.5 Å². The van der Waals surface area contributed by atoms with E-state index in [2.05, 4.69) is 4.90 Å². The van der Waals surface area contributed by atoms with Gasteiger partial charge in [0.15, 0.2) is 0 Å². The van der Waals surface area contributed by atoms with Crippen LogP contribution < -0.4 is 14.4 Å². The van der Waals surface area contributed by atoms with E-state index in [0.29, 0.717) is 30.3 Å². The smallest absolute Gasteiger partial charge is 0.123 e. The van der Waals surface area contributed by atoms with Gasteiger partial charge in [-0.05, 0) is 24.3 Å². The Labute approximate surface area is 136 Å². The lowest BCUT2D eigenvalue weighted by Crippen LogP contribution is -2.37. The Morgan fingerprint density at radius 2 is 1.96 bits per heavy atom. The predicted molar refractivity (Wildman–Crippen MR) is 91.1 cm³/mol. The molecule has 0 fully saturated rings. The van der Waals surface area contributed by atoms with Crippen molar-refractivity contribution in [3.8, 4) is 11.5 Å². The number of hydrogen-bond acceptors (Lipinski definition) is 5. The summed E-state index contributed by atoms with van der Waals surface area (Å²) in [5.74, 6) is 1.89. The number of hydrogen-bond donors (Lipinski definition) is 1. The second kappa shape index (κ2) is 6.50. The van der Waals surface area contributed by atoms with E-state index >= 15 is 0 Å². The Hall–Kier alpha value is -2.21. The highest BCUT2D eigenvalue weighted by atomic mass is 32.2. The first kappa shape index (κ1) is 15.7. The van der Waals surface area contributed by atoms with Gasteiger partial charge >= 0.3 is 0 Å². The van der Waals surface area contributed by atoms with Gasteiger partial charge in [0.05, 0.1) is 39.7 Å². The summed E-state index contributed by atoms with van der Waals surface area (Å²) >= 11 is 0. The Morgan fingerprint density at radius 3 is 2.78 bits per heavy atom. The Bertz CT molecular complexity index is 790. The van der Waals surface area contributed by atoms with Gasteiger partial charge in [-0.2, -0.15) is 0 Å². The summed E-state index contributed by atoms with van der Waals surface area (Å²) in [7, 11) is -1.03. The number of nitrogens with zero attached hydrogens (tertiary/aromatic N) is 1. The van der Waals surface area contributed by atoms with Gasteiger partial charge in [0.25, 0.3) is 0 Å². The normalized spacial score (nSPS) is 20.0. The zero-order valence-corrected chi connectivity index (χ0v) is 13.8. The lowest BCUT2D eigenvalue weighted by Gasteiger charge is -2.32. The van der Waals surface area contributed by atoms with Crippen molar-refractivity contribution in [1.82, 2.24) is 0 Å². The molecule has 23 heavy (non-hydrogen) atoms. The van der Waals surface area contributed by atoms with Crippen molar-refractivity contribution in [3.63, 3.8) is 0 Å². The quantitative estimate of drug-likeness (QED) is 0.914. The van der Waals surface area contributed by atoms with Crippen LogP contribution in [0.1, 0.15) is 0 Å². The number of para-hydroxylation sites is 1. The molecule has 1 atom stereocenters. The highest BCUT2D eigenvalue weighted by Gasteiger charge is 2.24. The maximum atomic E-state index is 12.3. The molecule has 0 radical (unpaired) electrons. The molecule has 1 heterocycles. The lowest BCUT2D eigenvalue weighted by atomic mass is 10.3. The third-order valence-electron chi connectivity index (χ3n) is 3.88. The maximum absolute atomic E-state index is 12.3. The van der Waals surface area contributed by atoms with E-state index in [9.17, 15) is 4.21 Å². The monoisotopic (exact) mass is 332 g/mol. The summed E-state index contributed by atoms with van der Waals surface area (Å²) < 4.78 is 31.3. The minimum Gasteiger partial charge on any atom is -0.497 e. The van der Waals surface area contributed by atoms with Crippen LogP contribution >= 0.6 is 0 Å². The average molecular weight is 332 g/mol. The molecular formula is C17H20N2O3S. The Kier molecular flexibility index (Phi) is 4.43. The second-order valence-corrected chi connectivity index (χ2v) is 7.56. The molecule has 0 saturated heterocycles. The molecule has 0 aliphatic carbocycles. The highest BCUT2D eigenvalue weighted by Crippen LogP contribution is 2.30. The van der Waals surface area contributed by atoms with Crippen molar-refractivity contribution < 1.29 is 13.7 Å². The summed E-state index contributed by atoms with van der Waals surface area (Å²) in [6, 6.07) is 15.0. The molecular weight excluding hydrogens is 312 g/mol. The molecule has 3 rings (SSSR count). The Morgan fingerprint density at radius 1 is 1.17 bits per heavy atom. The van der Waals surface area contributed by atoms with Crippen LogP contribution in [0.3, 0.4) is 0 Å². The molecule has 0 amide bonds. The van der Waals surface area contributed by atoms with Crippen LogP contribution in [0, 0.1) is 4.78 Å². The van der Waals surface area contributed by atoms with Crippen LogP contribution in [0.5, 0.6) is 11.5 Å². The number of anilines is 1. The van der Waals surface area contributed by atoms with E-state index in [1.54, 1.807) is 13.2 Å². The summed E-state index contributed by atoms with van der Waals surface area (Å²) in [6.07, 6.45) is 0. The first-order valence-corrected chi connectivity index (χ1v) is 9.20. The van der Waals surface area contributed by atoms with Gasteiger partial charge in [0, 0.05) is 12.6 Å². The van der Waals surface area contributed by atoms with Crippen molar-refractivity contribution in [2.75, 3.05) is 37.5 Å². The fourth-order valence-corrected chi connectivity index (χ4v) is 4.19. The molecule has 5 nitrogen and oxygen atoms in total. The number of ether oxygens (including phenoxy) is 2. The molecule has 0 saturated carbocycles. The molecule has 122 valence electrons. The zero-order valence-electron chi connectivity index (χ0n) is 13.0. The third-order valence-corrected chi connectivity index (χ3v) is 5.69. The lowest BCUT2D eigenvalue weighted by molar-refractivity contribution is 0.321. The van der Waals surface area contributed by atoms with Gasteiger partial charge in [0.1, 0.15) is 18.1 Å². The van der Waals surface area contributed by atoms with Gasteiger partial charge in [-0.1, -0.05) is 18.2 Å². The van der Waals surface area contributed by atoms with E-state index in [-0.39, 0.29) is 0 Å². The van der Waals surface area contributed by atoms with Crippen molar-refractivity contribution >= 4 is 15.4 Å². The largest absolute Gasteiger partial charge is 0.497 e. The van der Waals surface area contributed by atoms with E-state index in [4.69, 9.17) is 14.3 Å². The van der Waals surface area contributed by atoms with Gasteiger partial charge in [0.2, 0.25) is 0 Å². The summed E-state index contributed by atoms with van der Waals surface area (Å²) in [5, 5.41) is 0. The molecule has 1 N–H and O–H groups in total. The number of benzene rings is 2. The number of fused-ring (bicyclic) bond motifs is 1.